The van der Waals surface area contributed by atoms with Gasteiger partial charge in [0.25, 0.3) is 0 Å². The number of thiophene rings is 1. The van der Waals surface area contributed by atoms with Crippen molar-refractivity contribution < 1.29 is 0 Å². The molecule has 0 aliphatic carbocycles. The molecular formula is C12H12BrClN2S. The van der Waals surface area contributed by atoms with Gasteiger partial charge in [0, 0.05) is 14.2 Å². The number of hydrazine groups is 1. The van der Waals surface area contributed by atoms with Gasteiger partial charge in [0.2, 0.25) is 0 Å². The third kappa shape index (κ3) is 2.89. The van der Waals surface area contributed by atoms with Crippen molar-refractivity contribution in [1.29, 1.82) is 0 Å². The molecule has 0 fully saturated rings. The number of nitrogens with two attached hydrogens (primary N) is 1. The summed E-state index contributed by atoms with van der Waals surface area (Å²) in [6, 6.07) is 10.0. The van der Waals surface area contributed by atoms with Crippen molar-refractivity contribution in [3.05, 3.63) is 55.1 Å². The number of hydrogen-bond acceptors (Lipinski definition) is 3. The SMILES string of the molecule is Cc1ccc(C(NN)c2ccc(Br)c(Cl)c2)s1. The van der Waals surface area contributed by atoms with E-state index in [0.717, 1.165) is 10.0 Å². The first kappa shape index (κ1) is 13.1. The van der Waals surface area contributed by atoms with Crippen LogP contribution < -0.4 is 11.3 Å². The van der Waals surface area contributed by atoms with Gasteiger partial charge in [-0.2, -0.15) is 0 Å². The van der Waals surface area contributed by atoms with E-state index in [-0.39, 0.29) is 6.04 Å². The van der Waals surface area contributed by atoms with Crippen molar-refractivity contribution in [2.75, 3.05) is 0 Å². The minimum absolute atomic E-state index is 0.0145. The Morgan fingerprint density at radius 3 is 2.65 bits per heavy atom. The second-order valence-corrected chi connectivity index (χ2v) is 6.30. The highest BCUT2D eigenvalue weighted by Crippen LogP contribution is 2.31. The summed E-state index contributed by atoms with van der Waals surface area (Å²) in [7, 11) is 0. The Bertz CT molecular complexity index is 527. The molecule has 3 N–H and O–H groups in total. The number of nitrogens with one attached hydrogen (secondary N) is 1. The molecule has 0 saturated carbocycles. The maximum absolute atomic E-state index is 6.10. The zero-order chi connectivity index (χ0) is 12.4. The normalized spacial score (nSPS) is 12.7. The lowest BCUT2D eigenvalue weighted by Gasteiger charge is -2.15. The van der Waals surface area contributed by atoms with Crippen LogP contribution >= 0.6 is 38.9 Å². The Kier molecular flexibility index (Phi) is 4.22. The molecule has 0 bridgehead atoms. The molecule has 2 rings (SSSR count). The molecule has 5 heteroatoms. The van der Waals surface area contributed by atoms with E-state index in [1.165, 1.54) is 9.75 Å². The van der Waals surface area contributed by atoms with Gasteiger partial charge in [0.05, 0.1) is 11.1 Å². The van der Waals surface area contributed by atoms with Crippen LogP contribution in [0.25, 0.3) is 0 Å². The number of rotatable bonds is 3. The standard InChI is InChI=1S/C12H12BrClN2S/c1-7-2-5-11(17-7)12(16-15)8-3-4-9(13)10(14)6-8/h2-6,12,16H,15H2,1H3. The molecule has 1 atom stereocenters. The molecule has 0 spiro atoms. The van der Waals surface area contributed by atoms with Crippen molar-refractivity contribution in [1.82, 2.24) is 5.43 Å². The first-order chi connectivity index (χ1) is 8.11. The minimum Gasteiger partial charge on any atom is -0.271 e. The lowest BCUT2D eigenvalue weighted by Crippen LogP contribution is -2.28. The van der Waals surface area contributed by atoms with Gasteiger partial charge in [0.1, 0.15) is 0 Å². The molecule has 2 nitrogen and oxygen atoms in total. The molecule has 0 amide bonds. The molecule has 1 aromatic heterocycles. The van der Waals surface area contributed by atoms with Crippen LogP contribution in [0.2, 0.25) is 5.02 Å². The third-order valence-corrected chi connectivity index (χ3v) is 4.79. The lowest BCUT2D eigenvalue weighted by molar-refractivity contribution is 0.646. The molecule has 1 unspecified atom stereocenters. The van der Waals surface area contributed by atoms with E-state index in [1.54, 1.807) is 11.3 Å². The van der Waals surface area contributed by atoms with E-state index < -0.39 is 0 Å². The van der Waals surface area contributed by atoms with Crippen LogP contribution in [0.1, 0.15) is 21.4 Å². The summed E-state index contributed by atoms with van der Waals surface area (Å²) in [6.45, 7) is 2.08. The van der Waals surface area contributed by atoms with Gasteiger partial charge in [0.15, 0.2) is 0 Å². The molecule has 1 heterocycles. The number of halogens is 2. The summed E-state index contributed by atoms with van der Waals surface area (Å²) in [6.07, 6.45) is 0. The zero-order valence-electron chi connectivity index (χ0n) is 9.21. The van der Waals surface area contributed by atoms with E-state index in [9.17, 15) is 0 Å². The van der Waals surface area contributed by atoms with Gasteiger partial charge in [-0.05, 0) is 52.7 Å². The van der Waals surface area contributed by atoms with Crippen molar-refractivity contribution in [2.45, 2.75) is 13.0 Å². The highest BCUT2D eigenvalue weighted by molar-refractivity contribution is 9.10. The molecule has 0 radical (unpaired) electrons. The van der Waals surface area contributed by atoms with Crippen LogP contribution in [0.4, 0.5) is 0 Å². The molecule has 1 aromatic carbocycles. The molecule has 90 valence electrons. The summed E-state index contributed by atoms with van der Waals surface area (Å²) in [5, 5.41) is 0.691. The van der Waals surface area contributed by atoms with E-state index >= 15 is 0 Å². The second-order valence-electron chi connectivity index (χ2n) is 3.72. The first-order valence-corrected chi connectivity index (χ1v) is 7.08. The molecule has 2 aromatic rings. The predicted octanol–water partition coefficient (Wildman–Crippen LogP) is 4.03. The molecule has 17 heavy (non-hydrogen) atoms. The maximum atomic E-state index is 6.10. The van der Waals surface area contributed by atoms with Gasteiger partial charge in [-0.1, -0.05) is 17.7 Å². The van der Waals surface area contributed by atoms with E-state index in [2.05, 4.69) is 40.4 Å². The quantitative estimate of drug-likeness (QED) is 0.658. The summed E-state index contributed by atoms with van der Waals surface area (Å²) in [4.78, 5) is 2.45. The minimum atomic E-state index is -0.0145. The summed E-state index contributed by atoms with van der Waals surface area (Å²) in [5.41, 5.74) is 3.89. The van der Waals surface area contributed by atoms with Crippen molar-refractivity contribution in [2.24, 2.45) is 5.84 Å². The predicted molar refractivity (Wildman–Crippen MR) is 77.4 cm³/mol. The van der Waals surface area contributed by atoms with Gasteiger partial charge < -0.3 is 0 Å². The first-order valence-electron chi connectivity index (χ1n) is 5.09. The Balaban J connectivity index is 2.38. The molecule has 0 aliphatic heterocycles. The van der Waals surface area contributed by atoms with Gasteiger partial charge >= 0.3 is 0 Å². The average molecular weight is 332 g/mol. The van der Waals surface area contributed by atoms with E-state index in [0.29, 0.717) is 5.02 Å². The maximum Gasteiger partial charge on any atom is 0.0803 e. The van der Waals surface area contributed by atoms with Crippen molar-refractivity contribution >= 4 is 38.9 Å². The van der Waals surface area contributed by atoms with Crippen LogP contribution in [0.3, 0.4) is 0 Å². The monoisotopic (exact) mass is 330 g/mol. The van der Waals surface area contributed by atoms with Crippen LogP contribution in [0.5, 0.6) is 0 Å². The smallest absolute Gasteiger partial charge is 0.0803 e. The van der Waals surface area contributed by atoms with Gasteiger partial charge in [-0.3, -0.25) is 5.84 Å². The summed E-state index contributed by atoms with van der Waals surface area (Å²) < 4.78 is 0.890. The molecular weight excluding hydrogens is 320 g/mol. The van der Waals surface area contributed by atoms with Crippen LogP contribution in [-0.4, -0.2) is 0 Å². The topological polar surface area (TPSA) is 38.0 Å². The fraction of sp³-hybridized carbons (Fsp3) is 0.167. The zero-order valence-corrected chi connectivity index (χ0v) is 12.4. The summed E-state index contributed by atoms with van der Waals surface area (Å²) >= 11 is 11.2. The van der Waals surface area contributed by atoms with Crippen molar-refractivity contribution in [3.63, 3.8) is 0 Å². The highest BCUT2D eigenvalue weighted by atomic mass is 79.9. The van der Waals surface area contributed by atoms with E-state index in [4.69, 9.17) is 17.4 Å². The Hall–Kier alpha value is -0.390. The highest BCUT2D eigenvalue weighted by Gasteiger charge is 2.15. The van der Waals surface area contributed by atoms with Crippen LogP contribution in [0.15, 0.2) is 34.8 Å². The fourth-order valence-corrected chi connectivity index (χ4v) is 3.04. The fourth-order valence-electron chi connectivity index (χ4n) is 1.64. The van der Waals surface area contributed by atoms with Crippen LogP contribution in [0, 0.1) is 6.92 Å². The Morgan fingerprint density at radius 2 is 2.12 bits per heavy atom. The largest absolute Gasteiger partial charge is 0.271 e. The Morgan fingerprint density at radius 1 is 1.35 bits per heavy atom. The van der Waals surface area contributed by atoms with E-state index in [1.807, 2.05) is 18.2 Å². The molecule has 0 saturated heterocycles. The van der Waals surface area contributed by atoms with Gasteiger partial charge in [-0.25, -0.2) is 5.43 Å². The second kappa shape index (κ2) is 5.50. The number of benzene rings is 1. The molecule has 0 aliphatic rings. The number of hydrogen-bond donors (Lipinski definition) is 2. The lowest BCUT2D eigenvalue weighted by atomic mass is 10.1. The van der Waals surface area contributed by atoms with Crippen LogP contribution in [-0.2, 0) is 0 Å². The van der Waals surface area contributed by atoms with Gasteiger partial charge in [-0.15, -0.1) is 11.3 Å². The average Bonchev–Trinajstić information content (AvgIpc) is 2.71. The third-order valence-electron chi connectivity index (χ3n) is 2.49. The van der Waals surface area contributed by atoms with Crippen molar-refractivity contribution in [3.8, 4) is 0 Å². The number of aryl methyl sites for hydroxylation is 1. The Labute approximate surface area is 118 Å². The summed E-state index contributed by atoms with van der Waals surface area (Å²) in [5.74, 6) is 5.64.